The lowest BCUT2D eigenvalue weighted by Gasteiger charge is -2.27. The van der Waals surface area contributed by atoms with Crippen molar-refractivity contribution in [3.8, 4) is 0 Å². The number of rotatable bonds is 3. The molecule has 19 heavy (non-hydrogen) atoms. The third-order valence-electron chi connectivity index (χ3n) is 2.74. The van der Waals surface area contributed by atoms with E-state index < -0.39 is 23.0 Å². The SMILES string of the molecule is FC(F)(c1ccccc1)C(F)(F)c1ccccc1Br. The van der Waals surface area contributed by atoms with Gasteiger partial charge in [0.25, 0.3) is 0 Å². The van der Waals surface area contributed by atoms with E-state index in [2.05, 4.69) is 15.9 Å². The van der Waals surface area contributed by atoms with Gasteiger partial charge in [0.1, 0.15) is 0 Å². The molecule has 0 aromatic heterocycles. The minimum Gasteiger partial charge on any atom is -0.194 e. The summed E-state index contributed by atoms with van der Waals surface area (Å²) in [4.78, 5) is 0. The molecule has 0 aliphatic carbocycles. The van der Waals surface area contributed by atoms with E-state index in [9.17, 15) is 17.6 Å². The summed E-state index contributed by atoms with van der Waals surface area (Å²) in [7, 11) is 0. The van der Waals surface area contributed by atoms with Crippen molar-refractivity contribution >= 4 is 15.9 Å². The van der Waals surface area contributed by atoms with E-state index in [1.54, 1.807) is 0 Å². The zero-order valence-corrected chi connectivity index (χ0v) is 11.2. The van der Waals surface area contributed by atoms with Crippen LogP contribution in [0.15, 0.2) is 59.1 Å². The molecule has 0 saturated heterocycles. The lowest BCUT2D eigenvalue weighted by atomic mass is 9.96. The van der Waals surface area contributed by atoms with Gasteiger partial charge >= 0.3 is 11.8 Å². The molecule has 0 aliphatic rings. The molecule has 5 heteroatoms. The number of halogens is 5. The third-order valence-corrected chi connectivity index (χ3v) is 3.43. The van der Waals surface area contributed by atoms with Crippen LogP contribution in [-0.2, 0) is 11.8 Å². The maximum absolute atomic E-state index is 14.1. The molecule has 0 unspecified atom stereocenters. The molecule has 0 nitrogen and oxygen atoms in total. The zero-order chi connectivity index (χ0) is 14.1. The Morgan fingerprint density at radius 1 is 0.684 bits per heavy atom. The molecule has 0 saturated carbocycles. The van der Waals surface area contributed by atoms with Crippen LogP contribution in [0.25, 0.3) is 0 Å². The van der Waals surface area contributed by atoms with E-state index in [0.29, 0.717) is 0 Å². The summed E-state index contributed by atoms with van der Waals surface area (Å²) in [6, 6.07) is 11.2. The van der Waals surface area contributed by atoms with Crippen molar-refractivity contribution in [2.45, 2.75) is 11.8 Å². The van der Waals surface area contributed by atoms with Crippen molar-refractivity contribution in [1.29, 1.82) is 0 Å². The summed E-state index contributed by atoms with van der Waals surface area (Å²) in [5.74, 6) is -8.58. The predicted molar refractivity (Wildman–Crippen MR) is 68.4 cm³/mol. The highest BCUT2D eigenvalue weighted by molar-refractivity contribution is 9.10. The Morgan fingerprint density at radius 2 is 1.21 bits per heavy atom. The largest absolute Gasteiger partial charge is 0.340 e. The van der Waals surface area contributed by atoms with E-state index in [0.717, 1.165) is 18.2 Å². The van der Waals surface area contributed by atoms with Crippen molar-refractivity contribution in [3.63, 3.8) is 0 Å². The van der Waals surface area contributed by atoms with E-state index >= 15 is 0 Å². The fraction of sp³-hybridized carbons (Fsp3) is 0.143. The maximum Gasteiger partial charge on any atom is 0.340 e. The van der Waals surface area contributed by atoms with Crippen LogP contribution in [0.1, 0.15) is 11.1 Å². The minimum atomic E-state index is -4.30. The van der Waals surface area contributed by atoms with E-state index in [4.69, 9.17) is 0 Å². The molecule has 0 heterocycles. The second-order valence-electron chi connectivity index (χ2n) is 3.99. The van der Waals surface area contributed by atoms with Gasteiger partial charge in [-0.05, 0) is 6.07 Å². The van der Waals surface area contributed by atoms with E-state index in [1.807, 2.05) is 0 Å². The van der Waals surface area contributed by atoms with Crippen molar-refractivity contribution in [2.75, 3.05) is 0 Å². The van der Waals surface area contributed by atoms with Crippen molar-refractivity contribution in [2.24, 2.45) is 0 Å². The number of benzene rings is 2. The van der Waals surface area contributed by atoms with Crippen LogP contribution >= 0.6 is 15.9 Å². The summed E-state index contributed by atoms with van der Waals surface area (Å²) in [5.41, 5.74) is -1.44. The topological polar surface area (TPSA) is 0 Å². The second-order valence-corrected chi connectivity index (χ2v) is 4.85. The van der Waals surface area contributed by atoms with Crippen LogP contribution in [-0.4, -0.2) is 0 Å². The average molecular weight is 333 g/mol. The number of hydrogen-bond acceptors (Lipinski definition) is 0. The monoisotopic (exact) mass is 332 g/mol. The molecule has 0 spiro atoms. The highest BCUT2D eigenvalue weighted by Gasteiger charge is 2.59. The normalized spacial score (nSPS) is 12.5. The average Bonchev–Trinajstić information content (AvgIpc) is 2.40. The van der Waals surface area contributed by atoms with Crippen LogP contribution in [0.4, 0.5) is 17.6 Å². The highest BCUT2D eigenvalue weighted by Crippen LogP contribution is 2.50. The van der Waals surface area contributed by atoms with Crippen molar-refractivity contribution in [3.05, 3.63) is 70.2 Å². The first kappa shape index (κ1) is 14.1. The quantitative estimate of drug-likeness (QED) is 0.666. The Morgan fingerprint density at radius 3 is 1.79 bits per heavy atom. The van der Waals surface area contributed by atoms with E-state index in [1.165, 1.54) is 36.4 Å². The zero-order valence-electron chi connectivity index (χ0n) is 9.59. The van der Waals surface area contributed by atoms with Crippen LogP contribution < -0.4 is 0 Å². The Bertz CT molecular complexity index is 567. The molecule has 2 aromatic rings. The maximum atomic E-state index is 14.1. The standard InChI is InChI=1S/C14H9BrF4/c15-12-9-5-4-8-11(12)14(18,19)13(16,17)10-6-2-1-3-7-10/h1-9H. The molecule has 100 valence electrons. The van der Waals surface area contributed by atoms with Crippen molar-refractivity contribution in [1.82, 2.24) is 0 Å². The molecule has 0 bridgehead atoms. The van der Waals surface area contributed by atoms with Gasteiger partial charge in [-0.1, -0.05) is 64.5 Å². The predicted octanol–water partition coefficient (Wildman–Crippen LogP) is 5.33. The second kappa shape index (κ2) is 4.96. The molecule has 0 amide bonds. The Labute approximate surface area is 116 Å². The first-order valence-electron chi connectivity index (χ1n) is 5.43. The first-order chi connectivity index (χ1) is 8.87. The molecule has 0 radical (unpaired) electrons. The van der Waals surface area contributed by atoms with Gasteiger partial charge < -0.3 is 0 Å². The summed E-state index contributed by atoms with van der Waals surface area (Å²) in [5, 5.41) is 0. The third kappa shape index (κ3) is 2.39. The fourth-order valence-corrected chi connectivity index (χ4v) is 2.25. The molecule has 0 atom stereocenters. The van der Waals surface area contributed by atoms with Gasteiger partial charge in [-0.15, -0.1) is 0 Å². The smallest absolute Gasteiger partial charge is 0.194 e. The van der Waals surface area contributed by atoms with Gasteiger partial charge in [0.15, 0.2) is 0 Å². The molecular formula is C14H9BrF4. The van der Waals surface area contributed by atoms with Gasteiger partial charge in [-0.3, -0.25) is 0 Å². The first-order valence-corrected chi connectivity index (χ1v) is 6.23. The fourth-order valence-electron chi connectivity index (χ4n) is 1.71. The Hall–Kier alpha value is -1.36. The molecule has 2 aromatic carbocycles. The summed E-state index contributed by atoms with van der Waals surface area (Å²) in [6.07, 6.45) is 0. The Balaban J connectivity index is 2.53. The number of alkyl halides is 4. The van der Waals surface area contributed by atoms with Crippen LogP contribution in [0.5, 0.6) is 0 Å². The van der Waals surface area contributed by atoms with Crippen LogP contribution in [0.2, 0.25) is 0 Å². The van der Waals surface area contributed by atoms with Gasteiger partial charge in [0.2, 0.25) is 0 Å². The summed E-state index contributed by atoms with van der Waals surface area (Å²) in [6.45, 7) is 0. The number of hydrogen-bond donors (Lipinski definition) is 0. The van der Waals surface area contributed by atoms with Gasteiger partial charge in [0, 0.05) is 15.6 Å². The Kier molecular flexibility index (Phi) is 3.67. The highest BCUT2D eigenvalue weighted by atomic mass is 79.9. The summed E-state index contributed by atoms with van der Waals surface area (Å²) < 4.78 is 56.2. The van der Waals surface area contributed by atoms with Gasteiger partial charge in [0.05, 0.1) is 0 Å². The summed E-state index contributed by atoms with van der Waals surface area (Å²) >= 11 is 2.88. The molecule has 0 N–H and O–H groups in total. The van der Waals surface area contributed by atoms with Crippen molar-refractivity contribution < 1.29 is 17.6 Å². The lowest BCUT2D eigenvalue weighted by molar-refractivity contribution is -0.224. The molecule has 0 aliphatic heterocycles. The van der Waals surface area contributed by atoms with E-state index in [-0.39, 0.29) is 4.47 Å². The molecule has 2 rings (SSSR count). The molecular weight excluding hydrogens is 324 g/mol. The molecule has 0 fully saturated rings. The van der Waals surface area contributed by atoms with Crippen LogP contribution in [0.3, 0.4) is 0 Å². The lowest BCUT2D eigenvalue weighted by Crippen LogP contribution is -2.35. The van der Waals surface area contributed by atoms with Gasteiger partial charge in [-0.2, -0.15) is 17.6 Å². The van der Waals surface area contributed by atoms with Crippen LogP contribution in [0, 0.1) is 0 Å². The van der Waals surface area contributed by atoms with Gasteiger partial charge in [-0.25, -0.2) is 0 Å². The minimum absolute atomic E-state index is 0.0457.